The van der Waals surface area contributed by atoms with Crippen LogP contribution in [0.15, 0.2) is 47.6 Å². The molecule has 0 spiro atoms. The lowest BCUT2D eigenvalue weighted by Crippen LogP contribution is -1.88. The van der Waals surface area contributed by atoms with Gasteiger partial charge in [-0.1, -0.05) is 13.2 Å². The first-order valence-electron chi connectivity index (χ1n) is 3.98. The zero-order valence-corrected chi connectivity index (χ0v) is 7.71. The van der Waals surface area contributed by atoms with Crippen LogP contribution in [0.2, 0.25) is 0 Å². The third-order valence-corrected chi connectivity index (χ3v) is 1.56. The average Bonchev–Trinajstić information content (AvgIpc) is 2.47. The molecule has 1 heterocycles. The molecule has 0 aromatic carbocycles. The van der Waals surface area contributed by atoms with Gasteiger partial charge < -0.3 is 10.2 Å². The van der Waals surface area contributed by atoms with Gasteiger partial charge in [0.05, 0.1) is 0 Å². The fraction of sp³-hybridized carbons (Fsp3) is 0.0909. The number of hydrogen-bond donors (Lipinski definition) is 1. The summed E-state index contributed by atoms with van der Waals surface area (Å²) in [5, 5.41) is 0. The Balaban J connectivity index is 2.75. The maximum absolute atomic E-state index is 5.37. The third-order valence-electron chi connectivity index (χ3n) is 1.56. The molecule has 13 heavy (non-hydrogen) atoms. The van der Waals surface area contributed by atoms with Gasteiger partial charge in [0.15, 0.2) is 0 Å². The first kappa shape index (κ1) is 9.39. The molecule has 2 N–H and O–H groups in total. The maximum atomic E-state index is 5.37. The summed E-state index contributed by atoms with van der Waals surface area (Å²) in [6, 6.07) is 3.77. The Morgan fingerprint density at radius 3 is 2.54 bits per heavy atom. The second-order valence-electron chi connectivity index (χ2n) is 2.84. The Morgan fingerprint density at radius 2 is 2.08 bits per heavy atom. The number of furan rings is 1. The standard InChI is InChI=1S/C11H13NO/c1-8(4-5-9(2)12)11-7-6-10(3)13-11/h4-7H,1-2,12H2,3H3/b5-4-. The fourth-order valence-corrected chi connectivity index (χ4v) is 0.897. The van der Waals surface area contributed by atoms with Gasteiger partial charge in [-0.3, -0.25) is 0 Å². The molecule has 1 aromatic rings. The first-order valence-corrected chi connectivity index (χ1v) is 3.98. The van der Waals surface area contributed by atoms with E-state index in [-0.39, 0.29) is 0 Å². The lowest BCUT2D eigenvalue weighted by atomic mass is 10.2. The Morgan fingerprint density at radius 1 is 1.38 bits per heavy atom. The van der Waals surface area contributed by atoms with Crippen molar-refractivity contribution in [3.63, 3.8) is 0 Å². The van der Waals surface area contributed by atoms with E-state index in [2.05, 4.69) is 13.2 Å². The highest BCUT2D eigenvalue weighted by atomic mass is 16.3. The van der Waals surface area contributed by atoms with Crippen molar-refractivity contribution in [2.45, 2.75) is 6.92 Å². The van der Waals surface area contributed by atoms with Crippen molar-refractivity contribution in [2.24, 2.45) is 5.73 Å². The predicted octanol–water partition coefficient (Wildman–Crippen LogP) is 2.63. The number of rotatable bonds is 3. The highest BCUT2D eigenvalue weighted by Gasteiger charge is 1.99. The first-order chi connectivity index (χ1) is 6.09. The molecule has 1 aromatic heterocycles. The van der Waals surface area contributed by atoms with Gasteiger partial charge in [-0.25, -0.2) is 0 Å². The van der Waals surface area contributed by atoms with Gasteiger partial charge in [-0.2, -0.15) is 0 Å². The van der Waals surface area contributed by atoms with Crippen LogP contribution in [0.4, 0.5) is 0 Å². The Bertz CT molecular complexity index is 358. The Labute approximate surface area is 78.1 Å². The normalized spacial score (nSPS) is 10.5. The lowest BCUT2D eigenvalue weighted by Gasteiger charge is -1.93. The van der Waals surface area contributed by atoms with E-state index in [9.17, 15) is 0 Å². The van der Waals surface area contributed by atoms with E-state index < -0.39 is 0 Å². The van der Waals surface area contributed by atoms with Crippen molar-refractivity contribution in [2.75, 3.05) is 0 Å². The van der Waals surface area contributed by atoms with Crippen LogP contribution in [0.1, 0.15) is 11.5 Å². The van der Waals surface area contributed by atoms with Crippen LogP contribution in [-0.4, -0.2) is 0 Å². The van der Waals surface area contributed by atoms with Gasteiger partial charge in [0, 0.05) is 11.3 Å². The molecule has 0 bridgehead atoms. The van der Waals surface area contributed by atoms with Gasteiger partial charge in [0.2, 0.25) is 0 Å². The van der Waals surface area contributed by atoms with Crippen molar-refractivity contribution in [1.82, 2.24) is 0 Å². The molecule has 0 radical (unpaired) electrons. The SMILES string of the molecule is C=C(N)/C=C\C(=C)c1ccc(C)o1. The minimum atomic E-state index is 0.504. The summed E-state index contributed by atoms with van der Waals surface area (Å²) in [4.78, 5) is 0. The van der Waals surface area contributed by atoms with Gasteiger partial charge >= 0.3 is 0 Å². The summed E-state index contributed by atoms with van der Waals surface area (Å²) in [7, 11) is 0. The quantitative estimate of drug-likeness (QED) is 0.717. The number of aryl methyl sites for hydroxylation is 1. The average molecular weight is 175 g/mol. The molecular weight excluding hydrogens is 162 g/mol. The predicted molar refractivity (Wildman–Crippen MR) is 54.9 cm³/mol. The molecule has 0 unspecified atom stereocenters. The molecule has 0 saturated heterocycles. The van der Waals surface area contributed by atoms with E-state index in [1.54, 1.807) is 12.2 Å². The summed E-state index contributed by atoms with van der Waals surface area (Å²) >= 11 is 0. The van der Waals surface area contributed by atoms with Crippen LogP contribution >= 0.6 is 0 Å². The van der Waals surface area contributed by atoms with E-state index >= 15 is 0 Å². The van der Waals surface area contributed by atoms with Gasteiger partial charge in [0.1, 0.15) is 11.5 Å². The minimum Gasteiger partial charge on any atom is -0.461 e. The lowest BCUT2D eigenvalue weighted by molar-refractivity contribution is 0.522. The number of nitrogens with two attached hydrogens (primary N) is 1. The molecule has 2 nitrogen and oxygen atoms in total. The van der Waals surface area contributed by atoms with Crippen molar-refractivity contribution < 1.29 is 4.42 Å². The fourth-order valence-electron chi connectivity index (χ4n) is 0.897. The summed E-state index contributed by atoms with van der Waals surface area (Å²) in [5.74, 6) is 1.63. The second kappa shape index (κ2) is 3.81. The molecule has 0 aliphatic heterocycles. The molecule has 0 saturated carbocycles. The summed E-state index contributed by atoms with van der Waals surface area (Å²) in [5.41, 5.74) is 6.67. The van der Waals surface area contributed by atoms with Crippen LogP contribution in [-0.2, 0) is 0 Å². The zero-order chi connectivity index (χ0) is 9.84. The third kappa shape index (κ3) is 2.67. The van der Waals surface area contributed by atoms with Crippen LogP contribution in [0.5, 0.6) is 0 Å². The van der Waals surface area contributed by atoms with E-state index in [0.717, 1.165) is 17.1 Å². The van der Waals surface area contributed by atoms with Gasteiger partial charge in [0.25, 0.3) is 0 Å². The minimum absolute atomic E-state index is 0.504. The summed E-state index contributed by atoms with van der Waals surface area (Å²) in [6.07, 6.45) is 3.47. The van der Waals surface area contributed by atoms with Crippen LogP contribution in [0.25, 0.3) is 5.57 Å². The van der Waals surface area contributed by atoms with E-state index in [1.165, 1.54) is 0 Å². The highest BCUT2D eigenvalue weighted by molar-refractivity contribution is 5.69. The zero-order valence-electron chi connectivity index (χ0n) is 7.71. The van der Waals surface area contributed by atoms with Crippen LogP contribution < -0.4 is 5.73 Å². The molecule has 0 fully saturated rings. The highest BCUT2D eigenvalue weighted by Crippen LogP contribution is 2.16. The second-order valence-corrected chi connectivity index (χ2v) is 2.84. The topological polar surface area (TPSA) is 39.2 Å². The van der Waals surface area contributed by atoms with Crippen LogP contribution in [0, 0.1) is 6.92 Å². The Hall–Kier alpha value is -1.70. The van der Waals surface area contributed by atoms with E-state index in [4.69, 9.17) is 10.2 Å². The monoisotopic (exact) mass is 175 g/mol. The summed E-state index contributed by atoms with van der Waals surface area (Å²) in [6.45, 7) is 9.27. The molecule has 0 atom stereocenters. The van der Waals surface area contributed by atoms with Crippen molar-refractivity contribution >= 4 is 5.57 Å². The van der Waals surface area contributed by atoms with E-state index in [1.807, 2.05) is 19.1 Å². The molecule has 0 aliphatic carbocycles. The van der Waals surface area contributed by atoms with Crippen molar-refractivity contribution in [3.05, 3.63) is 54.7 Å². The van der Waals surface area contributed by atoms with Gasteiger partial charge in [-0.15, -0.1) is 0 Å². The molecular formula is C11H13NO. The van der Waals surface area contributed by atoms with Crippen molar-refractivity contribution in [3.8, 4) is 0 Å². The van der Waals surface area contributed by atoms with Crippen molar-refractivity contribution in [1.29, 1.82) is 0 Å². The number of hydrogen-bond acceptors (Lipinski definition) is 2. The van der Waals surface area contributed by atoms with Crippen LogP contribution in [0.3, 0.4) is 0 Å². The molecule has 0 amide bonds. The molecule has 0 aliphatic rings. The largest absolute Gasteiger partial charge is 0.461 e. The Kier molecular flexibility index (Phi) is 2.75. The molecule has 68 valence electrons. The molecule has 1 rings (SSSR count). The molecule has 2 heteroatoms. The number of allylic oxidation sites excluding steroid dienone is 3. The summed E-state index contributed by atoms with van der Waals surface area (Å²) < 4.78 is 5.36. The van der Waals surface area contributed by atoms with E-state index in [0.29, 0.717) is 5.70 Å². The smallest absolute Gasteiger partial charge is 0.133 e. The maximum Gasteiger partial charge on any atom is 0.133 e. The van der Waals surface area contributed by atoms with Gasteiger partial charge in [-0.05, 0) is 31.2 Å².